The van der Waals surface area contributed by atoms with Crippen LogP contribution in [-0.2, 0) is 5.54 Å². The average molecular weight is 432 g/mol. The Hall–Kier alpha value is -2.51. The summed E-state index contributed by atoms with van der Waals surface area (Å²) in [7, 11) is 0. The molecule has 0 fully saturated rings. The zero-order valence-electron chi connectivity index (χ0n) is 13.0. The van der Waals surface area contributed by atoms with Gasteiger partial charge >= 0.3 is 0 Å². The maximum atomic E-state index is 15.2. The van der Waals surface area contributed by atoms with Crippen LogP contribution in [-0.4, -0.2) is 16.2 Å². The van der Waals surface area contributed by atoms with Crippen molar-refractivity contribution in [2.24, 2.45) is 4.99 Å². The Balaban J connectivity index is 1.98. The second kappa shape index (κ2) is 5.25. The van der Waals surface area contributed by atoms with Gasteiger partial charge in [0.05, 0.1) is 5.56 Å². The van der Waals surface area contributed by atoms with Crippen LogP contribution < -0.4 is 10.5 Å². The summed E-state index contributed by atoms with van der Waals surface area (Å²) < 4.78 is 21.9. The number of hydrogen-bond acceptors (Lipinski definition) is 5. The lowest BCUT2D eigenvalue weighted by atomic mass is 9.76. The van der Waals surface area contributed by atoms with Crippen LogP contribution in [0.25, 0.3) is 0 Å². The van der Waals surface area contributed by atoms with Gasteiger partial charge < -0.3 is 10.5 Å². The summed E-state index contributed by atoms with van der Waals surface area (Å²) in [4.78, 5) is 12.8. The van der Waals surface area contributed by atoms with E-state index in [1.165, 1.54) is 0 Å². The third kappa shape index (κ3) is 1.87. The quantitative estimate of drug-likeness (QED) is 0.534. The number of ether oxygens (including phenoxy) is 1. The van der Waals surface area contributed by atoms with Crippen molar-refractivity contribution in [3.63, 3.8) is 0 Å². The van der Waals surface area contributed by atoms with Crippen LogP contribution in [0.4, 0.5) is 10.2 Å². The average Bonchev–Trinajstić information content (AvgIpc) is 3.01. The summed E-state index contributed by atoms with van der Waals surface area (Å²) in [6.07, 6.45) is 5.03. The first-order valence-electron chi connectivity index (χ1n) is 7.65. The number of halogens is 3. The Kier molecular flexibility index (Phi) is 3.17. The lowest BCUT2D eigenvalue weighted by Crippen LogP contribution is -2.31. The van der Waals surface area contributed by atoms with E-state index in [1.54, 1.807) is 24.7 Å². The second-order valence-corrected chi connectivity index (χ2v) is 7.25. The molecule has 0 radical (unpaired) electrons. The minimum Gasteiger partial charge on any atom is -0.453 e. The molecule has 3 aromatic rings. The van der Waals surface area contributed by atoms with Gasteiger partial charge in [-0.05, 0) is 24.3 Å². The summed E-state index contributed by atoms with van der Waals surface area (Å²) in [5, 5.41) is -0.324. The molecule has 2 N–H and O–H groups in total. The molecule has 0 saturated carbocycles. The molecular weight excluding hydrogens is 423 g/mol. The number of hydrogen-bond donors (Lipinski definition) is 1. The smallest absolute Gasteiger partial charge is 0.178 e. The third-order valence-corrected chi connectivity index (χ3v) is 5.37. The van der Waals surface area contributed by atoms with Crippen LogP contribution in [0.3, 0.4) is 0 Å². The van der Waals surface area contributed by atoms with Crippen LogP contribution in [0.1, 0.15) is 22.3 Å². The molecule has 128 valence electrons. The summed E-state index contributed by atoms with van der Waals surface area (Å²) in [6, 6.07) is 7.28. The Labute approximate surface area is 160 Å². The van der Waals surface area contributed by atoms with Crippen LogP contribution in [0, 0.1) is 5.82 Å². The number of nitrogens with zero attached hydrogens (tertiary/aromatic N) is 3. The van der Waals surface area contributed by atoms with Gasteiger partial charge in [-0.1, -0.05) is 27.5 Å². The van der Waals surface area contributed by atoms with Crippen molar-refractivity contribution in [2.45, 2.75) is 5.54 Å². The molecule has 5 nitrogen and oxygen atoms in total. The van der Waals surface area contributed by atoms with E-state index in [0.29, 0.717) is 11.3 Å². The zero-order valence-corrected chi connectivity index (χ0v) is 15.3. The van der Waals surface area contributed by atoms with Gasteiger partial charge in [-0.3, -0.25) is 9.98 Å². The van der Waals surface area contributed by atoms with E-state index in [9.17, 15) is 0 Å². The van der Waals surface area contributed by atoms with Crippen molar-refractivity contribution in [3.05, 3.63) is 74.4 Å². The topological polar surface area (TPSA) is 73.4 Å². The zero-order chi connectivity index (χ0) is 18.1. The van der Waals surface area contributed by atoms with E-state index in [1.807, 2.05) is 18.2 Å². The minimum atomic E-state index is -1.19. The van der Waals surface area contributed by atoms with Gasteiger partial charge in [-0.2, -0.15) is 0 Å². The number of nitrogen functional groups attached to an aromatic ring is 1. The molecule has 5 rings (SSSR count). The molecular formula is C18H9BrClFN4O. The maximum absolute atomic E-state index is 15.2. The minimum absolute atomic E-state index is 0.00637. The largest absolute Gasteiger partial charge is 0.453 e. The molecule has 1 atom stereocenters. The number of anilines is 1. The van der Waals surface area contributed by atoms with E-state index >= 15 is 4.39 Å². The lowest BCUT2D eigenvalue weighted by Gasteiger charge is -2.36. The first-order valence-corrected chi connectivity index (χ1v) is 8.82. The Morgan fingerprint density at radius 3 is 2.92 bits per heavy atom. The van der Waals surface area contributed by atoms with Crippen molar-refractivity contribution >= 4 is 39.6 Å². The fourth-order valence-corrected chi connectivity index (χ4v) is 4.10. The van der Waals surface area contributed by atoms with Gasteiger partial charge in [0.15, 0.2) is 22.5 Å². The van der Waals surface area contributed by atoms with Crippen molar-refractivity contribution in [3.8, 4) is 11.5 Å². The molecule has 2 aliphatic heterocycles. The van der Waals surface area contributed by atoms with Gasteiger partial charge in [0.25, 0.3) is 0 Å². The number of aromatic nitrogens is 2. The maximum Gasteiger partial charge on any atom is 0.178 e. The molecule has 2 aromatic heterocycles. The predicted molar refractivity (Wildman–Crippen MR) is 99.5 cm³/mol. The fourth-order valence-electron chi connectivity index (χ4n) is 3.55. The van der Waals surface area contributed by atoms with Crippen molar-refractivity contribution in [1.82, 2.24) is 9.97 Å². The normalized spacial score (nSPS) is 19.0. The molecule has 0 bridgehead atoms. The number of benzene rings is 1. The third-order valence-electron chi connectivity index (χ3n) is 4.63. The van der Waals surface area contributed by atoms with E-state index in [2.05, 4.69) is 25.9 Å². The molecule has 0 saturated heterocycles. The van der Waals surface area contributed by atoms with E-state index in [4.69, 9.17) is 27.1 Å². The SMILES string of the molecule is Nc1nc(Cl)c(F)c2c1Oc1ccc(Br)cc1[C@]21N=Cc2ccncc21. The lowest BCUT2D eigenvalue weighted by molar-refractivity contribution is 0.408. The highest BCUT2D eigenvalue weighted by Crippen LogP contribution is 2.57. The molecule has 8 heteroatoms. The molecule has 1 spiro atoms. The fraction of sp³-hybridized carbons (Fsp3) is 0.0556. The summed E-state index contributed by atoms with van der Waals surface area (Å²) in [5.41, 5.74) is 7.19. The number of aliphatic imine (C=N–C) groups is 1. The van der Waals surface area contributed by atoms with Crippen molar-refractivity contribution in [1.29, 1.82) is 0 Å². The number of pyridine rings is 2. The van der Waals surface area contributed by atoms with Crippen molar-refractivity contribution in [2.75, 3.05) is 5.73 Å². The summed E-state index contributed by atoms with van der Waals surface area (Å²) in [6.45, 7) is 0. The van der Waals surface area contributed by atoms with Crippen molar-refractivity contribution < 1.29 is 9.13 Å². The molecule has 0 unspecified atom stereocenters. The van der Waals surface area contributed by atoms with Crippen LogP contribution in [0.2, 0.25) is 5.15 Å². The molecule has 2 aliphatic rings. The first kappa shape index (κ1) is 15.7. The molecule has 1 aromatic carbocycles. The highest BCUT2D eigenvalue weighted by molar-refractivity contribution is 9.10. The monoisotopic (exact) mass is 430 g/mol. The Morgan fingerprint density at radius 1 is 1.23 bits per heavy atom. The predicted octanol–water partition coefficient (Wildman–Crippen LogP) is 4.44. The number of rotatable bonds is 0. The van der Waals surface area contributed by atoms with Gasteiger partial charge in [-0.15, -0.1) is 0 Å². The number of fused-ring (bicyclic) bond motifs is 6. The van der Waals surface area contributed by atoms with Gasteiger partial charge in [0.2, 0.25) is 0 Å². The summed E-state index contributed by atoms with van der Waals surface area (Å²) >= 11 is 9.47. The van der Waals surface area contributed by atoms with Gasteiger partial charge in [0, 0.05) is 39.8 Å². The van der Waals surface area contributed by atoms with E-state index in [0.717, 1.165) is 15.6 Å². The van der Waals surface area contributed by atoms with E-state index in [-0.39, 0.29) is 22.3 Å². The molecule has 0 amide bonds. The first-order chi connectivity index (χ1) is 12.5. The molecule has 26 heavy (non-hydrogen) atoms. The van der Waals surface area contributed by atoms with Crippen LogP contribution >= 0.6 is 27.5 Å². The van der Waals surface area contributed by atoms with Crippen LogP contribution in [0.15, 0.2) is 46.1 Å². The summed E-state index contributed by atoms with van der Waals surface area (Å²) in [5.74, 6) is -0.0671. The molecule has 4 heterocycles. The van der Waals surface area contributed by atoms with Gasteiger partial charge in [0.1, 0.15) is 11.3 Å². The van der Waals surface area contributed by atoms with Gasteiger partial charge in [-0.25, -0.2) is 9.37 Å². The number of nitrogens with two attached hydrogens (primary N) is 1. The highest BCUT2D eigenvalue weighted by Gasteiger charge is 2.50. The standard InChI is InChI=1S/C18H9BrClFN4O/c19-9-1-2-12-10(5-9)18(11-7-23-4-3-8(11)6-24-18)13-14(21)16(20)25-17(22)15(13)26-12/h1-7H,(H2,22,25)/t18-/m1/s1. The van der Waals surface area contributed by atoms with Crippen LogP contribution in [0.5, 0.6) is 11.5 Å². The highest BCUT2D eigenvalue weighted by atomic mass is 79.9. The Bertz CT molecular complexity index is 1140. The Morgan fingerprint density at radius 2 is 2.08 bits per heavy atom. The second-order valence-electron chi connectivity index (χ2n) is 5.98. The van der Waals surface area contributed by atoms with E-state index < -0.39 is 11.4 Å². The molecule has 0 aliphatic carbocycles.